The zero-order valence-electron chi connectivity index (χ0n) is 14.1. The van der Waals surface area contributed by atoms with Gasteiger partial charge in [-0.05, 0) is 51.4 Å². The fraction of sp³-hybridized carbons (Fsp3) is 0.737. The molecule has 0 aromatic rings. The molecule has 0 aromatic carbocycles. The first-order valence-corrected chi connectivity index (χ1v) is 8.68. The number of esters is 1. The summed E-state index contributed by atoms with van der Waals surface area (Å²) in [6.45, 7) is 2.25. The van der Waals surface area contributed by atoms with Crippen LogP contribution in [0.4, 0.5) is 0 Å². The van der Waals surface area contributed by atoms with Crippen molar-refractivity contribution in [3.05, 3.63) is 24.3 Å². The Bertz CT molecular complexity index is 279. The van der Waals surface area contributed by atoms with Gasteiger partial charge < -0.3 is 4.74 Å². The minimum Gasteiger partial charge on any atom is -0.469 e. The molecule has 2 heteroatoms. The maximum Gasteiger partial charge on any atom is 0.305 e. The highest BCUT2D eigenvalue weighted by Crippen LogP contribution is 2.06. The lowest BCUT2D eigenvalue weighted by Gasteiger charge is -1.98. The van der Waals surface area contributed by atoms with Crippen LogP contribution >= 0.6 is 0 Å². The average molecular weight is 294 g/mol. The van der Waals surface area contributed by atoms with Crippen molar-refractivity contribution in [1.29, 1.82) is 0 Å². The Hall–Kier alpha value is -1.05. The molecule has 2 nitrogen and oxygen atoms in total. The number of methoxy groups -OCH3 is 1. The Morgan fingerprint density at radius 1 is 0.762 bits per heavy atom. The predicted molar refractivity (Wildman–Crippen MR) is 91.4 cm³/mol. The number of hydrogen-bond donors (Lipinski definition) is 0. The second-order valence-corrected chi connectivity index (χ2v) is 5.54. The van der Waals surface area contributed by atoms with Gasteiger partial charge in [0.15, 0.2) is 0 Å². The smallest absolute Gasteiger partial charge is 0.305 e. The Balaban J connectivity index is 3.20. The van der Waals surface area contributed by atoms with E-state index in [1.165, 1.54) is 58.5 Å². The summed E-state index contributed by atoms with van der Waals surface area (Å²) in [6.07, 6.45) is 23.0. The van der Waals surface area contributed by atoms with Crippen molar-refractivity contribution in [3.63, 3.8) is 0 Å². The van der Waals surface area contributed by atoms with E-state index in [1.54, 1.807) is 0 Å². The maximum absolute atomic E-state index is 10.9. The van der Waals surface area contributed by atoms with Crippen molar-refractivity contribution in [1.82, 2.24) is 0 Å². The third-order valence-electron chi connectivity index (χ3n) is 3.53. The summed E-state index contributed by atoms with van der Waals surface area (Å²) in [5.41, 5.74) is 0. The molecule has 0 aliphatic heterocycles. The zero-order chi connectivity index (χ0) is 15.6. The van der Waals surface area contributed by atoms with Crippen LogP contribution in [-0.4, -0.2) is 13.1 Å². The first-order chi connectivity index (χ1) is 10.3. The monoisotopic (exact) mass is 294 g/mol. The van der Waals surface area contributed by atoms with Gasteiger partial charge in [-0.25, -0.2) is 0 Å². The van der Waals surface area contributed by atoms with Gasteiger partial charge in [-0.3, -0.25) is 4.79 Å². The van der Waals surface area contributed by atoms with Crippen molar-refractivity contribution in [2.45, 2.75) is 84.0 Å². The Morgan fingerprint density at radius 2 is 1.29 bits per heavy atom. The van der Waals surface area contributed by atoms with Crippen LogP contribution in [-0.2, 0) is 9.53 Å². The van der Waals surface area contributed by atoms with Gasteiger partial charge in [0.05, 0.1) is 7.11 Å². The van der Waals surface area contributed by atoms with E-state index in [9.17, 15) is 4.79 Å². The predicted octanol–water partition coefficient (Wildman–Crippen LogP) is 5.97. The second kappa shape index (κ2) is 17.0. The number of allylic oxidation sites excluding steroid dienone is 4. The molecule has 0 radical (unpaired) electrons. The number of rotatable bonds is 14. The summed E-state index contributed by atoms with van der Waals surface area (Å²) in [4.78, 5) is 10.9. The standard InChI is InChI=1S/C19H34O2/c1-3-4-5-6-7-8-9-10-11-12-13-14-15-16-17-18-19(20)21-2/h7-8,12-13H,3-6,9-11,14-18H2,1-2H3. The van der Waals surface area contributed by atoms with Crippen LogP contribution in [0.15, 0.2) is 24.3 Å². The first kappa shape index (κ1) is 19.9. The molecular formula is C19H34O2. The molecule has 0 spiro atoms. The van der Waals surface area contributed by atoms with E-state index in [2.05, 4.69) is 36.0 Å². The number of carbonyl (C=O) groups excluding carboxylic acids is 1. The molecule has 0 bridgehead atoms. The van der Waals surface area contributed by atoms with Crippen LogP contribution in [0.25, 0.3) is 0 Å². The zero-order valence-corrected chi connectivity index (χ0v) is 14.1. The van der Waals surface area contributed by atoms with Gasteiger partial charge in [0.2, 0.25) is 0 Å². The summed E-state index contributed by atoms with van der Waals surface area (Å²) >= 11 is 0. The highest BCUT2D eigenvalue weighted by atomic mass is 16.5. The van der Waals surface area contributed by atoms with E-state index in [4.69, 9.17) is 0 Å². The highest BCUT2D eigenvalue weighted by molar-refractivity contribution is 5.68. The Morgan fingerprint density at radius 3 is 1.81 bits per heavy atom. The first-order valence-electron chi connectivity index (χ1n) is 8.68. The van der Waals surface area contributed by atoms with E-state index in [0.717, 1.165) is 19.3 Å². The number of carbonyl (C=O) groups is 1. The fourth-order valence-corrected chi connectivity index (χ4v) is 2.15. The van der Waals surface area contributed by atoms with Crippen LogP contribution in [0.3, 0.4) is 0 Å². The van der Waals surface area contributed by atoms with Crippen LogP contribution in [0.2, 0.25) is 0 Å². The van der Waals surface area contributed by atoms with Gasteiger partial charge in [0, 0.05) is 6.42 Å². The van der Waals surface area contributed by atoms with E-state index in [-0.39, 0.29) is 5.97 Å². The van der Waals surface area contributed by atoms with Gasteiger partial charge in [0.25, 0.3) is 0 Å². The molecule has 0 amide bonds. The van der Waals surface area contributed by atoms with Gasteiger partial charge >= 0.3 is 5.97 Å². The molecule has 0 atom stereocenters. The molecule has 0 aliphatic rings. The number of ether oxygens (including phenoxy) is 1. The summed E-state index contributed by atoms with van der Waals surface area (Å²) < 4.78 is 4.61. The van der Waals surface area contributed by atoms with E-state index < -0.39 is 0 Å². The molecule has 0 saturated heterocycles. The molecule has 0 aliphatic carbocycles. The fourth-order valence-electron chi connectivity index (χ4n) is 2.15. The molecule has 0 fully saturated rings. The molecule has 0 rings (SSSR count). The Kier molecular flexibility index (Phi) is 16.2. The second-order valence-electron chi connectivity index (χ2n) is 5.54. The molecule has 0 aromatic heterocycles. The Labute approximate surface area is 131 Å². The minimum atomic E-state index is -0.0895. The van der Waals surface area contributed by atoms with Crippen LogP contribution in [0, 0.1) is 0 Å². The van der Waals surface area contributed by atoms with Crippen LogP contribution in [0.1, 0.15) is 84.0 Å². The molecule has 0 unspecified atom stereocenters. The average Bonchev–Trinajstić information content (AvgIpc) is 2.50. The largest absolute Gasteiger partial charge is 0.469 e. The quantitative estimate of drug-likeness (QED) is 0.224. The molecule has 0 heterocycles. The number of hydrogen-bond acceptors (Lipinski definition) is 2. The maximum atomic E-state index is 10.9. The summed E-state index contributed by atoms with van der Waals surface area (Å²) in [5, 5.41) is 0. The molecule has 0 saturated carbocycles. The van der Waals surface area contributed by atoms with Gasteiger partial charge in [-0.2, -0.15) is 0 Å². The van der Waals surface area contributed by atoms with Crippen molar-refractivity contribution in [2.75, 3.05) is 7.11 Å². The normalized spacial score (nSPS) is 11.5. The van der Waals surface area contributed by atoms with E-state index in [1.807, 2.05) is 0 Å². The molecule has 21 heavy (non-hydrogen) atoms. The molecule has 122 valence electrons. The van der Waals surface area contributed by atoms with Crippen molar-refractivity contribution in [3.8, 4) is 0 Å². The summed E-state index contributed by atoms with van der Waals surface area (Å²) in [5.74, 6) is -0.0895. The lowest BCUT2D eigenvalue weighted by atomic mass is 10.1. The van der Waals surface area contributed by atoms with Crippen molar-refractivity contribution < 1.29 is 9.53 Å². The molecule has 0 N–H and O–H groups in total. The van der Waals surface area contributed by atoms with Crippen molar-refractivity contribution >= 4 is 5.97 Å². The summed E-state index contributed by atoms with van der Waals surface area (Å²) in [7, 11) is 1.45. The van der Waals surface area contributed by atoms with Gasteiger partial charge in [-0.1, -0.05) is 50.5 Å². The lowest BCUT2D eigenvalue weighted by molar-refractivity contribution is -0.140. The topological polar surface area (TPSA) is 26.3 Å². The third kappa shape index (κ3) is 16.9. The highest BCUT2D eigenvalue weighted by Gasteiger charge is 1.97. The SMILES string of the molecule is CCCCCC=CCCCC=CCCCCCC(=O)OC. The lowest BCUT2D eigenvalue weighted by Crippen LogP contribution is -1.98. The van der Waals surface area contributed by atoms with Crippen molar-refractivity contribution in [2.24, 2.45) is 0 Å². The van der Waals surface area contributed by atoms with E-state index >= 15 is 0 Å². The van der Waals surface area contributed by atoms with Crippen LogP contribution < -0.4 is 0 Å². The van der Waals surface area contributed by atoms with Gasteiger partial charge in [-0.15, -0.1) is 0 Å². The minimum absolute atomic E-state index is 0.0895. The van der Waals surface area contributed by atoms with E-state index in [0.29, 0.717) is 6.42 Å². The summed E-state index contributed by atoms with van der Waals surface area (Å²) in [6, 6.07) is 0. The third-order valence-corrected chi connectivity index (χ3v) is 3.53. The molecular weight excluding hydrogens is 260 g/mol. The van der Waals surface area contributed by atoms with Gasteiger partial charge in [0.1, 0.15) is 0 Å². The number of unbranched alkanes of at least 4 members (excludes halogenated alkanes) is 8. The van der Waals surface area contributed by atoms with Crippen LogP contribution in [0.5, 0.6) is 0 Å².